The third-order valence-corrected chi connectivity index (χ3v) is 9.60. The van der Waals surface area contributed by atoms with Gasteiger partial charge in [-0.05, 0) is 81.5 Å². The number of thiophene rings is 1. The lowest BCUT2D eigenvalue weighted by Gasteiger charge is -2.47. The summed E-state index contributed by atoms with van der Waals surface area (Å²) in [5.41, 5.74) is 3.98. The lowest BCUT2D eigenvalue weighted by atomic mass is 9.71. The van der Waals surface area contributed by atoms with Crippen LogP contribution in [-0.4, -0.2) is 44.9 Å². The number of aryl methyl sites for hydroxylation is 1. The molecule has 0 bridgehead atoms. The van der Waals surface area contributed by atoms with Crippen molar-refractivity contribution in [1.82, 2.24) is 14.7 Å². The van der Waals surface area contributed by atoms with Crippen molar-refractivity contribution in [1.29, 1.82) is 0 Å². The smallest absolute Gasteiger partial charge is 0.306 e. The van der Waals surface area contributed by atoms with Crippen molar-refractivity contribution in [3.8, 4) is 10.4 Å². The molecule has 174 valence electrons. The Kier molecular flexibility index (Phi) is 5.33. The maximum Gasteiger partial charge on any atom is 0.306 e. The van der Waals surface area contributed by atoms with Crippen molar-refractivity contribution in [2.24, 2.45) is 18.9 Å². The second-order valence-corrected chi connectivity index (χ2v) is 11.4. The van der Waals surface area contributed by atoms with Crippen LogP contribution in [0.2, 0.25) is 0 Å². The molecule has 6 heteroatoms. The van der Waals surface area contributed by atoms with Gasteiger partial charge in [-0.15, -0.1) is 11.3 Å². The molecule has 3 aliphatic rings. The Labute approximate surface area is 199 Å². The van der Waals surface area contributed by atoms with Crippen LogP contribution >= 0.6 is 11.3 Å². The van der Waals surface area contributed by atoms with Gasteiger partial charge in [-0.3, -0.25) is 9.48 Å². The van der Waals surface area contributed by atoms with Gasteiger partial charge in [0.15, 0.2) is 0 Å². The van der Waals surface area contributed by atoms with Crippen molar-refractivity contribution < 1.29 is 9.90 Å². The molecule has 3 heterocycles. The van der Waals surface area contributed by atoms with Crippen LogP contribution in [0.25, 0.3) is 21.3 Å². The first-order valence-corrected chi connectivity index (χ1v) is 13.4. The Hall–Kier alpha value is -2.18. The minimum atomic E-state index is -0.578. The predicted octanol–water partition coefficient (Wildman–Crippen LogP) is 5.69. The SMILES string of the molecule is Cn1nc(C2(CCN3CCCC4C(C(=O)O)CCCC43)CC2)c2c(-c3cccs3)cccc21. The minimum Gasteiger partial charge on any atom is -0.481 e. The third-order valence-electron chi connectivity index (χ3n) is 8.69. The fourth-order valence-electron chi connectivity index (χ4n) is 6.80. The number of nitrogens with zero attached hydrogens (tertiary/aromatic N) is 3. The molecule has 2 saturated carbocycles. The summed E-state index contributed by atoms with van der Waals surface area (Å²) < 4.78 is 2.07. The monoisotopic (exact) mass is 463 g/mol. The Morgan fingerprint density at radius 1 is 1.18 bits per heavy atom. The average Bonchev–Trinajstić information content (AvgIpc) is 3.25. The number of fused-ring (bicyclic) bond motifs is 2. The van der Waals surface area contributed by atoms with Crippen LogP contribution in [0.5, 0.6) is 0 Å². The number of carbonyl (C=O) groups is 1. The standard InChI is InChI=1S/C27H33N3O2S/c1-29-22-10-3-7-20(23-11-5-17-33-23)24(22)25(28-29)27(12-13-27)14-16-30-15-4-8-18-19(26(31)32)6-2-9-21(18)30/h3,5,7,10-11,17-19,21H,2,4,6,8-9,12-16H2,1H3,(H,31,32). The number of hydrogen-bond acceptors (Lipinski definition) is 4. The number of rotatable bonds is 6. The normalized spacial score (nSPS) is 26.9. The van der Waals surface area contributed by atoms with Crippen molar-refractivity contribution >= 4 is 28.2 Å². The summed E-state index contributed by atoms with van der Waals surface area (Å²) in [7, 11) is 2.07. The number of carboxylic acids is 1. The lowest BCUT2D eigenvalue weighted by molar-refractivity contribution is -0.147. The van der Waals surface area contributed by atoms with E-state index in [1.807, 2.05) is 0 Å². The molecular weight excluding hydrogens is 430 g/mol. The maximum absolute atomic E-state index is 11.9. The molecule has 2 aliphatic carbocycles. The van der Waals surface area contributed by atoms with Crippen molar-refractivity contribution in [3.63, 3.8) is 0 Å². The van der Waals surface area contributed by atoms with E-state index in [9.17, 15) is 9.90 Å². The van der Waals surface area contributed by atoms with E-state index in [0.717, 1.165) is 51.6 Å². The molecule has 6 rings (SSSR count). The summed E-state index contributed by atoms with van der Waals surface area (Å²) >= 11 is 1.80. The summed E-state index contributed by atoms with van der Waals surface area (Å²) in [5.74, 6) is -0.387. The van der Waals surface area contributed by atoms with E-state index in [1.54, 1.807) is 11.3 Å². The van der Waals surface area contributed by atoms with Crippen LogP contribution in [0.15, 0.2) is 35.7 Å². The van der Waals surface area contributed by atoms with Crippen LogP contribution in [-0.2, 0) is 17.3 Å². The largest absolute Gasteiger partial charge is 0.481 e. The molecule has 1 aliphatic heterocycles. The van der Waals surface area contributed by atoms with E-state index in [4.69, 9.17) is 5.10 Å². The van der Waals surface area contributed by atoms with Gasteiger partial charge in [-0.2, -0.15) is 5.10 Å². The number of hydrogen-bond donors (Lipinski definition) is 1. The van der Waals surface area contributed by atoms with Gasteiger partial charge in [-0.1, -0.05) is 24.6 Å². The summed E-state index contributed by atoms with van der Waals surface area (Å²) in [6.07, 6.45) is 8.82. The highest BCUT2D eigenvalue weighted by molar-refractivity contribution is 7.13. The summed E-state index contributed by atoms with van der Waals surface area (Å²) in [6.45, 7) is 2.18. The third kappa shape index (κ3) is 3.62. The van der Waals surface area contributed by atoms with E-state index < -0.39 is 5.97 Å². The molecule has 3 fully saturated rings. The molecule has 1 N–H and O–H groups in total. The van der Waals surface area contributed by atoms with E-state index in [1.165, 1.54) is 39.9 Å². The highest BCUT2D eigenvalue weighted by Crippen LogP contribution is 2.54. The van der Waals surface area contributed by atoms with Gasteiger partial charge in [0.1, 0.15) is 0 Å². The molecule has 5 nitrogen and oxygen atoms in total. The fourth-order valence-corrected chi connectivity index (χ4v) is 7.56. The van der Waals surface area contributed by atoms with E-state index in [0.29, 0.717) is 12.0 Å². The summed E-state index contributed by atoms with van der Waals surface area (Å²) in [4.78, 5) is 15.8. The summed E-state index contributed by atoms with van der Waals surface area (Å²) in [5, 5.41) is 18.3. The van der Waals surface area contributed by atoms with E-state index in [-0.39, 0.29) is 11.3 Å². The highest BCUT2D eigenvalue weighted by Gasteiger charge is 2.49. The number of likely N-dealkylation sites (tertiary alicyclic amines) is 1. The molecule has 0 spiro atoms. The Morgan fingerprint density at radius 3 is 2.82 bits per heavy atom. The van der Waals surface area contributed by atoms with Gasteiger partial charge in [0, 0.05) is 34.3 Å². The number of aliphatic carboxylic acids is 1. The van der Waals surface area contributed by atoms with Crippen LogP contribution in [0.4, 0.5) is 0 Å². The predicted molar refractivity (Wildman–Crippen MR) is 133 cm³/mol. The second-order valence-electron chi connectivity index (χ2n) is 10.5. The molecule has 33 heavy (non-hydrogen) atoms. The molecule has 0 radical (unpaired) electrons. The van der Waals surface area contributed by atoms with Gasteiger partial charge < -0.3 is 10.0 Å². The van der Waals surface area contributed by atoms with Crippen molar-refractivity contribution in [2.75, 3.05) is 13.1 Å². The van der Waals surface area contributed by atoms with Gasteiger partial charge in [0.05, 0.1) is 17.1 Å². The zero-order valence-electron chi connectivity index (χ0n) is 19.4. The van der Waals surface area contributed by atoms with Gasteiger partial charge >= 0.3 is 5.97 Å². The Balaban J connectivity index is 1.28. The minimum absolute atomic E-state index is 0.144. The Morgan fingerprint density at radius 2 is 2.06 bits per heavy atom. The van der Waals surface area contributed by atoms with Crippen LogP contribution < -0.4 is 0 Å². The van der Waals surface area contributed by atoms with Gasteiger partial charge in [-0.25, -0.2) is 0 Å². The fraction of sp³-hybridized carbons (Fsp3) is 0.556. The topological polar surface area (TPSA) is 58.4 Å². The lowest BCUT2D eigenvalue weighted by Crippen LogP contribution is -2.51. The van der Waals surface area contributed by atoms with E-state index in [2.05, 4.69) is 52.3 Å². The first kappa shape index (κ1) is 21.4. The second kappa shape index (κ2) is 8.24. The zero-order valence-corrected chi connectivity index (χ0v) is 20.2. The first-order valence-electron chi connectivity index (χ1n) is 12.5. The number of carboxylic acid groups (broad SMARTS) is 1. The molecule has 3 unspecified atom stereocenters. The Bertz CT molecular complexity index is 1160. The quantitative estimate of drug-likeness (QED) is 0.510. The molecule has 1 aromatic carbocycles. The van der Waals surface area contributed by atoms with Crippen molar-refractivity contribution in [3.05, 3.63) is 41.4 Å². The molecular formula is C27H33N3O2S. The first-order chi connectivity index (χ1) is 16.1. The van der Waals surface area contributed by atoms with Gasteiger partial charge in [0.2, 0.25) is 0 Å². The average molecular weight is 464 g/mol. The van der Waals surface area contributed by atoms with Crippen LogP contribution in [0.1, 0.15) is 57.1 Å². The molecule has 3 aromatic rings. The number of piperidine rings is 1. The van der Waals surface area contributed by atoms with Gasteiger partial charge in [0.25, 0.3) is 0 Å². The van der Waals surface area contributed by atoms with E-state index >= 15 is 0 Å². The molecule has 3 atom stereocenters. The number of benzene rings is 1. The maximum atomic E-state index is 11.9. The van der Waals surface area contributed by atoms with Crippen molar-refractivity contribution in [2.45, 2.75) is 62.8 Å². The molecule has 1 saturated heterocycles. The molecule has 2 aromatic heterocycles. The summed E-state index contributed by atoms with van der Waals surface area (Å²) in [6, 6.07) is 11.4. The highest BCUT2D eigenvalue weighted by atomic mass is 32.1. The van der Waals surface area contributed by atoms with Crippen LogP contribution in [0, 0.1) is 11.8 Å². The zero-order chi connectivity index (χ0) is 22.6. The van der Waals surface area contributed by atoms with Crippen LogP contribution in [0.3, 0.4) is 0 Å². The number of aromatic nitrogens is 2. The molecule has 0 amide bonds.